The van der Waals surface area contributed by atoms with Gasteiger partial charge in [0.2, 0.25) is 0 Å². The first-order valence-electron chi connectivity index (χ1n) is 6.69. The van der Waals surface area contributed by atoms with E-state index in [-0.39, 0.29) is 5.82 Å². The van der Waals surface area contributed by atoms with Gasteiger partial charge in [0.25, 0.3) is 0 Å². The Kier molecular flexibility index (Phi) is 5.70. The second-order valence-corrected chi connectivity index (χ2v) is 5.05. The number of hydrogen-bond acceptors (Lipinski definition) is 4. The first-order valence-corrected chi connectivity index (χ1v) is 7.07. The predicted octanol–water partition coefficient (Wildman–Crippen LogP) is 3.40. The largest absolute Gasteiger partial charge is 0.383 e. The minimum atomic E-state index is -0.373. The summed E-state index contributed by atoms with van der Waals surface area (Å²) in [6.45, 7) is 1.52. The number of benzene rings is 1. The van der Waals surface area contributed by atoms with Gasteiger partial charge in [0.1, 0.15) is 23.4 Å². The molecule has 0 N–H and O–H groups in total. The lowest BCUT2D eigenvalue weighted by Gasteiger charge is -2.24. The van der Waals surface area contributed by atoms with Gasteiger partial charge in [-0.3, -0.25) is 0 Å². The van der Waals surface area contributed by atoms with Crippen LogP contribution in [0.4, 0.5) is 10.2 Å². The van der Waals surface area contributed by atoms with Crippen molar-refractivity contribution < 1.29 is 9.13 Å². The Hall–Kier alpha value is -2.16. The number of rotatable bonds is 6. The first kappa shape index (κ1) is 16.2. The maximum Gasteiger partial charge on any atom is 0.142 e. The number of hydrogen-bond donors (Lipinski definition) is 0. The lowest BCUT2D eigenvalue weighted by molar-refractivity contribution is 0.205. The van der Waals surface area contributed by atoms with Crippen LogP contribution < -0.4 is 4.90 Å². The molecule has 6 heteroatoms. The van der Waals surface area contributed by atoms with Gasteiger partial charge in [0.05, 0.1) is 6.61 Å². The summed E-state index contributed by atoms with van der Waals surface area (Å²) in [5.74, 6) is 0.276. The summed E-state index contributed by atoms with van der Waals surface area (Å²) in [6, 6.07) is 11.5. The zero-order valence-electron chi connectivity index (χ0n) is 12.1. The number of nitriles is 1. The lowest BCUT2D eigenvalue weighted by atomic mass is 10.2. The summed E-state index contributed by atoms with van der Waals surface area (Å²) in [5, 5.41) is 9.33. The van der Waals surface area contributed by atoms with Crippen LogP contribution in [0.15, 0.2) is 36.4 Å². The molecule has 0 saturated heterocycles. The van der Waals surface area contributed by atoms with Gasteiger partial charge >= 0.3 is 0 Å². The van der Waals surface area contributed by atoms with Crippen LogP contribution in [0, 0.1) is 17.1 Å². The fourth-order valence-corrected chi connectivity index (χ4v) is 2.22. The molecule has 0 fully saturated rings. The van der Waals surface area contributed by atoms with E-state index in [1.165, 1.54) is 12.1 Å². The second kappa shape index (κ2) is 7.74. The van der Waals surface area contributed by atoms with Gasteiger partial charge in [0, 0.05) is 25.2 Å². The molecule has 1 heterocycles. The van der Waals surface area contributed by atoms with E-state index in [0.29, 0.717) is 36.2 Å². The number of halogens is 2. The molecule has 2 rings (SSSR count). The van der Waals surface area contributed by atoms with Crippen molar-refractivity contribution in [3.05, 3.63) is 58.5 Å². The maximum absolute atomic E-state index is 13.1. The highest BCUT2D eigenvalue weighted by molar-refractivity contribution is 6.31. The van der Waals surface area contributed by atoms with Crippen LogP contribution in [0.5, 0.6) is 0 Å². The van der Waals surface area contributed by atoms with Crippen molar-refractivity contribution in [1.29, 1.82) is 5.26 Å². The van der Waals surface area contributed by atoms with E-state index >= 15 is 0 Å². The van der Waals surface area contributed by atoms with Crippen LogP contribution in [0.25, 0.3) is 0 Å². The highest BCUT2D eigenvalue weighted by atomic mass is 35.5. The molecule has 0 atom stereocenters. The topological polar surface area (TPSA) is 49.1 Å². The molecule has 114 valence electrons. The van der Waals surface area contributed by atoms with Crippen LogP contribution >= 0.6 is 11.6 Å². The van der Waals surface area contributed by atoms with Crippen LogP contribution in [-0.4, -0.2) is 25.2 Å². The third-order valence-electron chi connectivity index (χ3n) is 3.11. The van der Waals surface area contributed by atoms with Crippen molar-refractivity contribution in [3.8, 4) is 6.07 Å². The van der Waals surface area contributed by atoms with Gasteiger partial charge in [-0.25, -0.2) is 9.37 Å². The molecule has 0 unspecified atom stereocenters. The Bertz CT molecular complexity index is 687. The summed E-state index contributed by atoms with van der Waals surface area (Å²) < 4.78 is 18.3. The van der Waals surface area contributed by atoms with E-state index < -0.39 is 0 Å². The molecule has 0 saturated carbocycles. The molecule has 0 aliphatic rings. The van der Waals surface area contributed by atoms with Crippen LogP contribution in [0.3, 0.4) is 0 Å². The fourth-order valence-electron chi connectivity index (χ4n) is 1.99. The van der Waals surface area contributed by atoms with Gasteiger partial charge < -0.3 is 9.64 Å². The Morgan fingerprint density at radius 1 is 1.36 bits per heavy atom. The van der Waals surface area contributed by atoms with Crippen LogP contribution in [-0.2, 0) is 11.3 Å². The summed E-state index contributed by atoms with van der Waals surface area (Å²) in [6.07, 6.45) is 0. The molecule has 0 radical (unpaired) electrons. The Labute approximate surface area is 133 Å². The van der Waals surface area contributed by atoms with Gasteiger partial charge in [-0.05, 0) is 29.8 Å². The molecule has 0 spiro atoms. The molecule has 4 nitrogen and oxygen atoms in total. The minimum absolute atomic E-state index is 0.338. The van der Waals surface area contributed by atoms with E-state index in [1.54, 1.807) is 25.3 Å². The highest BCUT2D eigenvalue weighted by Crippen LogP contribution is 2.21. The minimum Gasteiger partial charge on any atom is -0.383 e. The average molecular weight is 320 g/mol. The van der Waals surface area contributed by atoms with E-state index in [9.17, 15) is 4.39 Å². The number of pyridine rings is 1. The normalized spacial score (nSPS) is 10.3. The maximum atomic E-state index is 13.1. The molecule has 1 aromatic carbocycles. The van der Waals surface area contributed by atoms with E-state index in [0.717, 1.165) is 5.56 Å². The van der Waals surface area contributed by atoms with Crippen molar-refractivity contribution in [2.75, 3.05) is 25.2 Å². The van der Waals surface area contributed by atoms with Crippen molar-refractivity contribution in [1.82, 2.24) is 4.98 Å². The van der Waals surface area contributed by atoms with Crippen molar-refractivity contribution in [2.45, 2.75) is 6.54 Å². The Morgan fingerprint density at radius 3 is 2.86 bits per heavy atom. The highest BCUT2D eigenvalue weighted by Gasteiger charge is 2.12. The number of anilines is 1. The van der Waals surface area contributed by atoms with Crippen LogP contribution in [0.1, 0.15) is 11.3 Å². The zero-order chi connectivity index (χ0) is 15.9. The third-order valence-corrected chi connectivity index (χ3v) is 3.47. The summed E-state index contributed by atoms with van der Waals surface area (Å²) in [7, 11) is 1.61. The molecular weight excluding hydrogens is 305 g/mol. The molecule has 0 aliphatic heterocycles. The second-order valence-electron chi connectivity index (χ2n) is 4.64. The number of methoxy groups -OCH3 is 1. The van der Waals surface area contributed by atoms with E-state index in [2.05, 4.69) is 4.98 Å². The Balaban J connectivity index is 2.27. The SMILES string of the molecule is COCCN(Cc1ccc(F)cc1Cl)c1cccc(C#N)n1. The summed E-state index contributed by atoms with van der Waals surface area (Å²) in [5.41, 5.74) is 1.12. The van der Waals surface area contributed by atoms with Gasteiger partial charge in [0.15, 0.2) is 0 Å². The van der Waals surface area contributed by atoms with Gasteiger partial charge in [-0.1, -0.05) is 23.7 Å². The van der Waals surface area contributed by atoms with Crippen molar-refractivity contribution in [3.63, 3.8) is 0 Å². The third kappa shape index (κ3) is 4.17. The molecule has 0 amide bonds. The quantitative estimate of drug-likeness (QED) is 0.819. The average Bonchev–Trinajstić information content (AvgIpc) is 2.53. The number of nitrogens with zero attached hydrogens (tertiary/aromatic N) is 3. The molecular formula is C16H15ClFN3O. The molecule has 1 aromatic heterocycles. The zero-order valence-corrected chi connectivity index (χ0v) is 12.8. The lowest BCUT2D eigenvalue weighted by Crippen LogP contribution is -2.27. The monoisotopic (exact) mass is 319 g/mol. The Morgan fingerprint density at radius 2 is 2.18 bits per heavy atom. The van der Waals surface area contributed by atoms with Gasteiger partial charge in [-0.2, -0.15) is 5.26 Å². The van der Waals surface area contributed by atoms with Gasteiger partial charge in [-0.15, -0.1) is 0 Å². The van der Waals surface area contributed by atoms with Crippen molar-refractivity contribution in [2.24, 2.45) is 0 Å². The molecule has 0 aliphatic carbocycles. The smallest absolute Gasteiger partial charge is 0.142 e. The standard InChI is InChI=1S/C16H15ClFN3O/c1-22-8-7-21(16-4-2-3-14(10-19)20-16)11-12-5-6-13(18)9-15(12)17/h2-6,9H,7-8,11H2,1H3. The van der Waals surface area contributed by atoms with E-state index in [1.807, 2.05) is 17.0 Å². The summed E-state index contributed by atoms with van der Waals surface area (Å²) >= 11 is 6.08. The van der Waals surface area contributed by atoms with E-state index in [4.69, 9.17) is 21.6 Å². The first-order chi connectivity index (χ1) is 10.6. The number of aromatic nitrogens is 1. The number of ether oxygens (including phenoxy) is 1. The van der Waals surface area contributed by atoms with Crippen LogP contribution in [0.2, 0.25) is 5.02 Å². The van der Waals surface area contributed by atoms with Crippen molar-refractivity contribution >= 4 is 17.4 Å². The summed E-state index contributed by atoms with van der Waals surface area (Å²) in [4.78, 5) is 6.21. The fraction of sp³-hybridized carbons (Fsp3) is 0.250. The predicted molar refractivity (Wildman–Crippen MR) is 83.3 cm³/mol. The molecule has 0 bridgehead atoms. The molecule has 2 aromatic rings. The molecule has 22 heavy (non-hydrogen) atoms.